The van der Waals surface area contributed by atoms with Gasteiger partial charge in [-0.15, -0.1) is 0 Å². The number of alkyl halides is 6. The zero-order valence-corrected chi connectivity index (χ0v) is 16.4. The molecule has 0 bridgehead atoms. The molecule has 2 aromatic rings. The quantitative estimate of drug-likeness (QED) is 0.446. The van der Waals surface area contributed by atoms with Crippen molar-refractivity contribution in [2.45, 2.75) is 23.2 Å². The van der Waals surface area contributed by atoms with Crippen molar-refractivity contribution in [2.24, 2.45) is 0 Å². The van der Waals surface area contributed by atoms with E-state index in [2.05, 4.69) is 5.10 Å². The molecule has 0 aliphatic carbocycles. The van der Waals surface area contributed by atoms with Crippen LogP contribution in [0.5, 0.6) is 0 Å². The van der Waals surface area contributed by atoms with E-state index in [1.807, 2.05) is 0 Å². The third kappa shape index (κ3) is 4.87. The molecule has 0 saturated heterocycles. The summed E-state index contributed by atoms with van der Waals surface area (Å²) in [5.74, 6) is 0. The lowest BCUT2D eigenvalue weighted by molar-refractivity contribution is -0.137. The summed E-state index contributed by atoms with van der Waals surface area (Å²) < 4.78 is 95.3. The van der Waals surface area contributed by atoms with E-state index in [1.54, 1.807) is 6.07 Å². The van der Waals surface area contributed by atoms with Crippen molar-refractivity contribution in [3.05, 3.63) is 39.1 Å². The maximum atomic E-state index is 13.1. The first-order valence-corrected chi connectivity index (χ1v) is 9.25. The fourth-order valence-electron chi connectivity index (χ4n) is 2.26. The van der Waals surface area contributed by atoms with Gasteiger partial charge < -0.3 is 4.74 Å². The van der Waals surface area contributed by atoms with Crippen molar-refractivity contribution in [1.82, 2.24) is 9.78 Å². The lowest BCUT2D eigenvalue weighted by atomic mass is 10.2. The van der Waals surface area contributed by atoms with Crippen molar-refractivity contribution in [1.29, 1.82) is 10.5 Å². The van der Waals surface area contributed by atoms with Crippen LogP contribution >= 0.6 is 23.2 Å². The molecule has 0 saturated carbocycles. The van der Waals surface area contributed by atoms with Crippen molar-refractivity contribution >= 4 is 34.0 Å². The van der Waals surface area contributed by atoms with Gasteiger partial charge in [0.1, 0.15) is 23.3 Å². The molecule has 1 atom stereocenters. The summed E-state index contributed by atoms with van der Waals surface area (Å²) in [5.41, 5.74) is -8.59. The van der Waals surface area contributed by atoms with Gasteiger partial charge in [-0.05, 0) is 12.1 Å². The molecule has 0 aliphatic rings. The second-order valence-corrected chi connectivity index (χ2v) is 7.52. The summed E-state index contributed by atoms with van der Waals surface area (Å²) in [5, 5.41) is 19.9. The van der Waals surface area contributed by atoms with Crippen LogP contribution in [-0.4, -0.2) is 26.1 Å². The van der Waals surface area contributed by atoms with Gasteiger partial charge in [0.25, 0.3) is 0 Å². The van der Waals surface area contributed by atoms with Gasteiger partial charge in [-0.25, -0.2) is 8.89 Å². The van der Waals surface area contributed by atoms with E-state index in [0.29, 0.717) is 16.8 Å². The third-order valence-corrected chi connectivity index (χ3v) is 5.19. The lowest BCUT2D eigenvalue weighted by Crippen LogP contribution is -2.19. The van der Waals surface area contributed by atoms with Gasteiger partial charge in [-0.3, -0.25) is 0 Å². The number of halogens is 8. The second kappa shape index (κ2) is 8.81. The highest BCUT2D eigenvalue weighted by Crippen LogP contribution is 2.39. The first-order valence-electron chi connectivity index (χ1n) is 7.34. The van der Waals surface area contributed by atoms with E-state index >= 15 is 0 Å². The molecule has 15 heteroatoms. The molecule has 0 radical (unpaired) electrons. The van der Waals surface area contributed by atoms with E-state index in [0.717, 1.165) is 0 Å². The molecule has 2 rings (SSSR count). The highest BCUT2D eigenvalue weighted by atomic mass is 35.5. The Kier molecular flexibility index (Phi) is 7.04. The Balaban J connectivity index is 2.81. The normalized spacial score (nSPS) is 13.0. The fourth-order valence-corrected chi connectivity index (χ4v) is 3.76. The smallest absolute Gasteiger partial charge is 0.360 e. The minimum absolute atomic E-state index is 0.455. The Labute approximate surface area is 176 Å². The Morgan fingerprint density at radius 3 is 2.13 bits per heavy atom. The third-order valence-electron chi connectivity index (χ3n) is 3.40. The van der Waals surface area contributed by atoms with Crippen LogP contribution < -0.4 is 0 Å². The maximum Gasteiger partial charge on any atom is 0.476 e. The van der Waals surface area contributed by atoms with Crippen molar-refractivity contribution in [3.8, 4) is 17.8 Å². The summed E-state index contributed by atoms with van der Waals surface area (Å²) in [6, 6.07) is 3.79. The molecule has 0 spiro atoms. The number of hydrogen-bond acceptors (Lipinski definition) is 5. The number of ether oxygens (including phenoxy) is 1. The van der Waals surface area contributed by atoms with Crippen LogP contribution in [0, 0.1) is 22.7 Å². The van der Waals surface area contributed by atoms with Crippen molar-refractivity contribution in [3.63, 3.8) is 0 Å². The number of nitrogens with zero attached hydrogens (tertiary/aromatic N) is 4. The first kappa shape index (κ1) is 24.0. The van der Waals surface area contributed by atoms with Crippen LogP contribution in [0.15, 0.2) is 17.0 Å². The number of aromatic nitrogens is 2. The van der Waals surface area contributed by atoms with Crippen LogP contribution in [0.2, 0.25) is 10.0 Å². The summed E-state index contributed by atoms with van der Waals surface area (Å²) in [4.78, 5) is -1.09. The highest BCUT2D eigenvalue weighted by molar-refractivity contribution is 7.86. The molecule has 6 nitrogen and oxygen atoms in total. The molecule has 0 amide bonds. The second-order valence-electron chi connectivity index (χ2n) is 5.30. The number of hydrogen-bond donors (Lipinski definition) is 0. The Hall–Kier alpha value is -2.32. The topological polar surface area (TPSA) is 91.7 Å². The Morgan fingerprint density at radius 2 is 1.70 bits per heavy atom. The van der Waals surface area contributed by atoms with E-state index in [1.165, 1.54) is 6.07 Å². The van der Waals surface area contributed by atoms with Crippen molar-refractivity contribution in [2.75, 3.05) is 6.61 Å². The summed E-state index contributed by atoms with van der Waals surface area (Å²) in [6.07, 6.45) is -4.82. The standard InChI is InChI=1S/C15H6Cl2F6N4O2S/c16-8-3-7(14(18,19)20)4-9(17)12(8)27-11(6-29-2-1-24)13(10(5-25)26-27)30(28)15(21,22)23/h3-4H,2,6H2. The van der Waals surface area contributed by atoms with Gasteiger partial charge in [-0.1, -0.05) is 23.2 Å². The van der Waals surface area contributed by atoms with Crippen LogP contribution in [0.1, 0.15) is 17.0 Å². The first-order chi connectivity index (χ1) is 13.8. The molecule has 1 aromatic heterocycles. The molecule has 1 heterocycles. The Bertz CT molecular complexity index is 1060. The lowest BCUT2D eigenvalue weighted by Gasteiger charge is -2.15. The minimum Gasteiger partial charge on any atom is -0.360 e. The molecular formula is C15H6Cl2F6N4O2S. The molecule has 1 aromatic carbocycles. The molecule has 30 heavy (non-hydrogen) atoms. The van der Waals surface area contributed by atoms with Crippen LogP contribution in [-0.2, 0) is 28.3 Å². The maximum absolute atomic E-state index is 13.1. The summed E-state index contributed by atoms with van der Waals surface area (Å²) in [7, 11) is -3.75. The fraction of sp³-hybridized carbons (Fsp3) is 0.267. The predicted octanol–water partition coefficient (Wildman–Crippen LogP) is 4.74. The average molecular weight is 491 g/mol. The number of nitriles is 2. The zero-order chi connectivity index (χ0) is 22.9. The predicted molar refractivity (Wildman–Crippen MR) is 91.0 cm³/mol. The van der Waals surface area contributed by atoms with Gasteiger partial charge in [-0.2, -0.15) is 42.0 Å². The molecule has 0 N–H and O–H groups in total. The summed E-state index contributed by atoms with van der Waals surface area (Å²) in [6.45, 7) is -1.40. The van der Waals surface area contributed by atoms with Crippen LogP contribution in [0.25, 0.3) is 5.69 Å². The molecule has 0 aliphatic heterocycles. The minimum atomic E-state index is -5.29. The van der Waals surface area contributed by atoms with E-state index in [4.69, 9.17) is 38.5 Å². The summed E-state index contributed by atoms with van der Waals surface area (Å²) >= 11 is 11.7. The average Bonchev–Trinajstić information content (AvgIpc) is 2.97. The van der Waals surface area contributed by atoms with E-state index in [-0.39, 0.29) is 0 Å². The van der Waals surface area contributed by atoms with Gasteiger partial charge in [0.2, 0.25) is 0 Å². The zero-order valence-electron chi connectivity index (χ0n) is 14.1. The van der Waals surface area contributed by atoms with Gasteiger partial charge in [0.15, 0.2) is 16.5 Å². The SMILES string of the molecule is N#CCOCc1c(S(=O)C(F)(F)F)c(C#N)nn1-c1c(Cl)cc(C(F)(F)F)cc1Cl. The number of rotatable bonds is 5. The monoisotopic (exact) mass is 490 g/mol. The largest absolute Gasteiger partial charge is 0.476 e. The Morgan fingerprint density at radius 1 is 1.13 bits per heavy atom. The highest BCUT2D eigenvalue weighted by Gasteiger charge is 2.43. The molecular weight excluding hydrogens is 485 g/mol. The van der Waals surface area contributed by atoms with Crippen molar-refractivity contribution < 1.29 is 35.3 Å². The molecule has 1 unspecified atom stereocenters. The van der Waals surface area contributed by atoms with Gasteiger partial charge in [0.05, 0.1) is 34.0 Å². The van der Waals surface area contributed by atoms with Gasteiger partial charge in [0, 0.05) is 0 Å². The molecule has 160 valence electrons. The van der Waals surface area contributed by atoms with E-state index in [9.17, 15) is 30.6 Å². The van der Waals surface area contributed by atoms with Crippen LogP contribution in [0.3, 0.4) is 0 Å². The van der Waals surface area contributed by atoms with Gasteiger partial charge >= 0.3 is 11.7 Å². The van der Waals surface area contributed by atoms with Crippen LogP contribution in [0.4, 0.5) is 26.3 Å². The number of benzene rings is 1. The molecule has 0 fully saturated rings. The van der Waals surface area contributed by atoms with E-state index < -0.39 is 73.3 Å².